The average molecular weight is 440 g/mol. The van der Waals surface area contributed by atoms with Crippen molar-refractivity contribution in [3.8, 4) is 0 Å². The molecule has 1 aromatic carbocycles. The third kappa shape index (κ3) is 7.39. The van der Waals surface area contributed by atoms with Gasteiger partial charge in [0.15, 0.2) is 4.34 Å². The maximum atomic E-state index is 13.0. The monoisotopic (exact) mass is 439 g/mol. The second kappa shape index (κ2) is 10.7. The fourth-order valence-corrected chi connectivity index (χ4v) is 4.57. The highest BCUT2D eigenvalue weighted by Gasteiger charge is 2.21. The first-order valence-corrected chi connectivity index (χ1v) is 11.0. The van der Waals surface area contributed by atoms with Gasteiger partial charge in [0.05, 0.1) is 30.6 Å². The molecule has 2 N–H and O–H groups in total. The van der Waals surface area contributed by atoms with Gasteiger partial charge in [0.2, 0.25) is 5.91 Å². The summed E-state index contributed by atoms with van der Waals surface area (Å²) in [5.74, 6) is -1.08. The molecule has 0 saturated carbocycles. The highest BCUT2D eigenvalue weighted by molar-refractivity contribution is 8.01. The van der Waals surface area contributed by atoms with Gasteiger partial charge < -0.3 is 15.2 Å². The SMILES string of the molecule is O=C(O)Cc1csc(SCC(=O)NC[C@H]2CN(Cc3ccc(F)cc3)CCO2)n1. The summed E-state index contributed by atoms with van der Waals surface area (Å²) in [6.45, 7) is 3.20. The maximum absolute atomic E-state index is 13.0. The molecule has 29 heavy (non-hydrogen) atoms. The third-order valence-electron chi connectivity index (χ3n) is 4.26. The Morgan fingerprint density at radius 3 is 2.93 bits per heavy atom. The first-order valence-electron chi connectivity index (χ1n) is 9.12. The quantitative estimate of drug-likeness (QED) is 0.578. The smallest absolute Gasteiger partial charge is 0.309 e. The third-order valence-corrected chi connectivity index (χ3v) is 6.33. The van der Waals surface area contributed by atoms with E-state index in [4.69, 9.17) is 9.84 Å². The van der Waals surface area contributed by atoms with Crippen molar-refractivity contribution in [2.24, 2.45) is 0 Å². The van der Waals surface area contributed by atoms with Crippen LogP contribution in [0.2, 0.25) is 0 Å². The molecule has 1 aliphatic rings. The fraction of sp³-hybridized carbons (Fsp3) is 0.421. The first-order chi connectivity index (χ1) is 14.0. The Labute approximate surface area is 176 Å². The van der Waals surface area contributed by atoms with Gasteiger partial charge in [-0.3, -0.25) is 14.5 Å². The number of nitrogens with zero attached hydrogens (tertiary/aromatic N) is 2. The van der Waals surface area contributed by atoms with Gasteiger partial charge in [-0.05, 0) is 17.7 Å². The van der Waals surface area contributed by atoms with Gasteiger partial charge in [-0.15, -0.1) is 11.3 Å². The molecule has 1 saturated heterocycles. The number of aliphatic carboxylic acids is 1. The van der Waals surface area contributed by atoms with E-state index < -0.39 is 5.97 Å². The van der Waals surface area contributed by atoms with Crippen molar-refractivity contribution in [2.45, 2.75) is 23.4 Å². The van der Waals surface area contributed by atoms with Crippen molar-refractivity contribution in [1.82, 2.24) is 15.2 Å². The lowest BCUT2D eigenvalue weighted by Crippen LogP contribution is -2.47. The maximum Gasteiger partial charge on any atom is 0.309 e. The second-order valence-corrected chi connectivity index (χ2v) is 8.70. The number of amides is 1. The molecular formula is C19H22FN3O4S2. The highest BCUT2D eigenvalue weighted by Crippen LogP contribution is 2.22. The number of morpholine rings is 1. The number of rotatable bonds is 9. The molecular weight excluding hydrogens is 417 g/mol. The number of nitrogens with one attached hydrogen (secondary N) is 1. The van der Waals surface area contributed by atoms with Gasteiger partial charge in [0.25, 0.3) is 0 Å². The van der Waals surface area contributed by atoms with Gasteiger partial charge >= 0.3 is 5.97 Å². The van der Waals surface area contributed by atoms with Gasteiger partial charge in [-0.25, -0.2) is 9.37 Å². The number of carboxylic acid groups (broad SMARTS) is 1. The fourth-order valence-electron chi connectivity index (χ4n) is 2.89. The average Bonchev–Trinajstić information content (AvgIpc) is 3.13. The van der Waals surface area contributed by atoms with Crippen molar-refractivity contribution in [3.63, 3.8) is 0 Å². The molecule has 10 heteroatoms. The van der Waals surface area contributed by atoms with Crippen LogP contribution in [0, 0.1) is 5.82 Å². The van der Waals surface area contributed by atoms with Crippen LogP contribution in [0.25, 0.3) is 0 Å². The van der Waals surface area contributed by atoms with Crippen LogP contribution in [0.15, 0.2) is 34.0 Å². The van der Waals surface area contributed by atoms with E-state index in [2.05, 4.69) is 15.2 Å². The molecule has 0 bridgehead atoms. The molecule has 3 rings (SSSR count). The molecule has 2 aromatic rings. The van der Waals surface area contributed by atoms with E-state index in [1.807, 2.05) is 0 Å². The van der Waals surface area contributed by atoms with Crippen LogP contribution in [0.5, 0.6) is 0 Å². The number of thiazole rings is 1. The molecule has 1 fully saturated rings. The predicted octanol–water partition coefficient (Wildman–Crippen LogP) is 2.02. The zero-order chi connectivity index (χ0) is 20.6. The molecule has 156 valence electrons. The number of ether oxygens (including phenoxy) is 1. The van der Waals surface area contributed by atoms with Gasteiger partial charge in [0, 0.05) is 31.6 Å². The van der Waals surface area contributed by atoms with Crippen molar-refractivity contribution in [3.05, 3.63) is 46.7 Å². The van der Waals surface area contributed by atoms with Gasteiger partial charge in [0.1, 0.15) is 5.82 Å². The minimum absolute atomic E-state index is 0.0971. The number of hydrogen-bond donors (Lipinski definition) is 2. The molecule has 1 amide bonds. The number of hydrogen-bond acceptors (Lipinski definition) is 7. The Morgan fingerprint density at radius 1 is 1.38 bits per heavy atom. The molecule has 1 aliphatic heterocycles. The summed E-state index contributed by atoms with van der Waals surface area (Å²) in [5.41, 5.74) is 1.54. The summed E-state index contributed by atoms with van der Waals surface area (Å²) in [6.07, 6.45) is -0.211. The minimum atomic E-state index is -0.925. The summed E-state index contributed by atoms with van der Waals surface area (Å²) in [7, 11) is 0. The van der Waals surface area contributed by atoms with Crippen molar-refractivity contribution >= 4 is 35.0 Å². The van der Waals surface area contributed by atoms with E-state index >= 15 is 0 Å². The topological polar surface area (TPSA) is 91.8 Å². The number of carbonyl (C=O) groups excluding carboxylic acids is 1. The molecule has 1 aromatic heterocycles. The number of thioether (sulfide) groups is 1. The van der Waals surface area contributed by atoms with E-state index in [1.54, 1.807) is 17.5 Å². The molecule has 0 radical (unpaired) electrons. The number of aromatic nitrogens is 1. The van der Waals surface area contributed by atoms with Crippen LogP contribution >= 0.6 is 23.1 Å². The highest BCUT2D eigenvalue weighted by atomic mass is 32.2. The number of carbonyl (C=O) groups is 2. The molecule has 0 unspecified atom stereocenters. The van der Waals surface area contributed by atoms with Gasteiger partial charge in [-0.2, -0.15) is 0 Å². The molecule has 0 aliphatic carbocycles. The molecule has 0 spiro atoms. The van der Waals surface area contributed by atoms with Crippen LogP contribution < -0.4 is 5.32 Å². The standard InChI is InChI=1S/C19H22FN3O4S2/c20-14-3-1-13(2-4-14)9-23-5-6-27-16(10-23)8-21-17(24)12-29-19-22-15(11-28-19)7-18(25)26/h1-4,11,16H,5-10,12H2,(H,21,24)(H,25,26)/t16-/m0/s1. The normalized spacial score (nSPS) is 17.2. The Hall–Kier alpha value is -2.01. The minimum Gasteiger partial charge on any atom is -0.481 e. The summed E-state index contributed by atoms with van der Waals surface area (Å²) >= 11 is 2.62. The van der Waals surface area contributed by atoms with Gasteiger partial charge in [-0.1, -0.05) is 23.9 Å². The second-order valence-electron chi connectivity index (χ2n) is 6.62. The predicted molar refractivity (Wildman–Crippen MR) is 109 cm³/mol. The summed E-state index contributed by atoms with van der Waals surface area (Å²) < 4.78 is 19.4. The van der Waals surface area contributed by atoms with E-state index in [0.717, 1.165) is 12.1 Å². The Kier molecular flexibility index (Phi) is 7.99. The number of carboxylic acids is 1. The Balaban J connectivity index is 1.37. The number of halogens is 1. The van der Waals surface area contributed by atoms with Crippen LogP contribution in [0.4, 0.5) is 4.39 Å². The van der Waals surface area contributed by atoms with Crippen LogP contribution in [0.1, 0.15) is 11.3 Å². The van der Waals surface area contributed by atoms with Crippen molar-refractivity contribution < 1.29 is 23.8 Å². The Bertz CT molecular complexity index is 831. The van der Waals surface area contributed by atoms with Crippen molar-refractivity contribution in [1.29, 1.82) is 0 Å². The summed E-state index contributed by atoms with van der Waals surface area (Å²) in [5, 5.41) is 13.3. The lowest BCUT2D eigenvalue weighted by atomic mass is 10.2. The largest absolute Gasteiger partial charge is 0.481 e. The van der Waals surface area contributed by atoms with E-state index in [9.17, 15) is 14.0 Å². The van der Waals surface area contributed by atoms with Crippen LogP contribution in [0.3, 0.4) is 0 Å². The molecule has 2 heterocycles. The van der Waals surface area contributed by atoms with Crippen LogP contribution in [-0.4, -0.2) is 65.0 Å². The lowest BCUT2D eigenvalue weighted by molar-refractivity contribution is -0.136. The summed E-state index contributed by atoms with van der Waals surface area (Å²) in [6, 6.07) is 6.47. The van der Waals surface area contributed by atoms with E-state index in [1.165, 1.54) is 35.2 Å². The van der Waals surface area contributed by atoms with E-state index in [0.29, 0.717) is 36.3 Å². The van der Waals surface area contributed by atoms with Crippen LogP contribution in [-0.2, 0) is 27.3 Å². The number of benzene rings is 1. The van der Waals surface area contributed by atoms with Crippen molar-refractivity contribution in [2.75, 3.05) is 32.0 Å². The zero-order valence-corrected chi connectivity index (χ0v) is 17.3. The summed E-state index contributed by atoms with van der Waals surface area (Å²) in [4.78, 5) is 29.2. The molecule has 7 nitrogen and oxygen atoms in total. The van der Waals surface area contributed by atoms with E-state index in [-0.39, 0.29) is 30.0 Å². The Morgan fingerprint density at radius 2 is 2.17 bits per heavy atom. The molecule has 1 atom stereocenters. The first kappa shape index (κ1) is 21.7. The lowest BCUT2D eigenvalue weighted by Gasteiger charge is -2.33. The zero-order valence-electron chi connectivity index (χ0n) is 15.7.